The van der Waals surface area contributed by atoms with Gasteiger partial charge in [-0.3, -0.25) is 0 Å². The van der Waals surface area contributed by atoms with Crippen LogP contribution < -0.4 is 5.32 Å². The van der Waals surface area contributed by atoms with E-state index in [1.807, 2.05) is 25.7 Å². The maximum atomic E-state index is 12.3. The van der Waals surface area contributed by atoms with Gasteiger partial charge in [-0.1, -0.05) is 32.6 Å². The van der Waals surface area contributed by atoms with Crippen LogP contribution in [0.1, 0.15) is 72.6 Å². The molecule has 1 aliphatic heterocycles. The van der Waals surface area contributed by atoms with E-state index in [2.05, 4.69) is 12.2 Å². The number of hydrogen-bond donors (Lipinski definition) is 1. The molecule has 1 N–H and O–H groups in total. The molecule has 0 aromatic rings. The number of carbonyl (C=O) groups is 1. The van der Waals surface area contributed by atoms with Crippen molar-refractivity contribution in [3.63, 3.8) is 0 Å². The average Bonchev–Trinajstić information content (AvgIpc) is 2.92. The van der Waals surface area contributed by atoms with Gasteiger partial charge in [0.05, 0.1) is 0 Å². The molecular weight excluding hydrogens is 288 g/mol. The maximum Gasteiger partial charge on any atom is 0.410 e. The van der Waals surface area contributed by atoms with E-state index in [4.69, 9.17) is 4.74 Å². The zero-order chi connectivity index (χ0) is 16.9. The van der Waals surface area contributed by atoms with Crippen molar-refractivity contribution in [1.29, 1.82) is 0 Å². The van der Waals surface area contributed by atoms with Gasteiger partial charge in [0.1, 0.15) is 5.60 Å². The number of amides is 1. The molecule has 4 heteroatoms. The molecule has 2 aliphatic rings. The molecule has 0 aromatic heterocycles. The lowest BCUT2D eigenvalue weighted by Gasteiger charge is -2.29. The summed E-state index contributed by atoms with van der Waals surface area (Å²) in [5.41, 5.74) is -0.407. The molecule has 2 fully saturated rings. The summed E-state index contributed by atoms with van der Waals surface area (Å²) in [6.07, 6.45) is 8.92. The topological polar surface area (TPSA) is 41.6 Å². The smallest absolute Gasteiger partial charge is 0.410 e. The minimum absolute atomic E-state index is 0.150. The molecule has 1 unspecified atom stereocenters. The van der Waals surface area contributed by atoms with Crippen LogP contribution in [0.15, 0.2) is 0 Å². The van der Waals surface area contributed by atoms with Crippen molar-refractivity contribution in [1.82, 2.24) is 10.2 Å². The monoisotopic (exact) mass is 324 g/mol. The third-order valence-electron chi connectivity index (χ3n) is 5.25. The normalized spacial score (nSPS) is 28.9. The van der Waals surface area contributed by atoms with Gasteiger partial charge in [-0.15, -0.1) is 0 Å². The van der Waals surface area contributed by atoms with Crippen molar-refractivity contribution in [3.8, 4) is 0 Å². The van der Waals surface area contributed by atoms with E-state index in [0.717, 1.165) is 44.3 Å². The molecule has 0 bridgehead atoms. The largest absolute Gasteiger partial charge is 0.444 e. The third-order valence-corrected chi connectivity index (χ3v) is 5.25. The lowest BCUT2D eigenvalue weighted by Crippen LogP contribution is -2.44. The fourth-order valence-corrected chi connectivity index (χ4v) is 3.80. The summed E-state index contributed by atoms with van der Waals surface area (Å²) in [5, 5.41) is 3.58. The van der Waals surface area contributed by atoms with Crippen molar-refractivity contribution < 1.29 is 9.53 Å². The predicted molar refractivity (Wildman–Crippen MR) is 94.6 cm³/mol. The fraction of sp³-hybridized carbons (Fsp3) is 0.947. The Morgan fingerprint density at radius 2 is 1.87 bits per heavy atom. The second-order valence-electron chi connectivity index (χ2n) is 8.59. The van der Waals surface area contributed by atoms with E-state index in [1.54, 1.807) is 0 Å². The van der Waals surface area contributed by atoms with Crippen molar-refractivity contribution in [2.75, 3.05) is 19.6 Å². The minimum Gasteiger partial charge on any atom is -0.444 e. The minimum atomic E-state index is -0.407. The van der Waals surface area contributed by atoms with E-state index < -0.39 is 5.60 Å². The van der Waals surface area contributed by atoms with Crippen molar-refractivity contribution in [2.24, 2.45) is 11.8 Å². The quantitative estimate of drug-likeness (QED) is 0.771. The molecule has 0 spiro atoms. The van der Waals surface area contributed by atoms with Crippen LogP contribution in [0, 0.1) is 11.8 Å². The molecule has 1 amide bonds. The second kappa shape index (κ2) is 8.36. The average molecular weight is 325 g/mol. The number of ether oxygens (including phenoxy) is 1. The predicted octanol–water partition coefficient (Wildman–Crippen LogP) is 4.19. The van der Waals surface area contributed by atoms with E-state index in [1.165, 1.54) is 32.1 Å². The molecule has 23 heavy (non-hydrogen) atoms. The standard InChI is InChI=1S/C19H36N2O2/c1-15-7-9-16(10-8-15)11-12-20-14-17-6-5-13-21(17)18(22)23-19(2,3)4/h15-17,20H,5-14H2,1-4H3. The van der Waals surface area contributed by atoms with E-state index >= 15 is 0 Å². The number of hydrogen-bond acceptors (Lipinski definition) is 3. The maximum absolute atomic E-state index is 12.3. The number of rotatable bonds is 5. The Labute approximate surface area is 142 Å². The summed E-state index contributed by atoms with van der Waals surface area (Å²) in [6, 6.07) is 0.302. The number of nitrogens with zero attached hydrogens (tertiary/aromatic N) is 1. The molecule has 134 valence electrons. The molecular formula is C19H36N2O2. The van der Waals surface area contributed by atoms with Gasteiger partial charge in [-0.2, -0.15) is 0 Å². The van der Waals surface area contributed by atoms with Crippen LogP contribution in [-0.2, 0) is 4.74 Å². The summed E-state index contributed by atoms with van der Waals surface area (Å²) in [7, 11) is 0. The Balaban J connectivity index is 1.65. The number of nitrogens with one attached hydrogen (secondary N) is 1. The van der Waals surface area contributed by atoms with Gasteiger partial charge in [-0.05, 0) is 58.4 Å². The SMILES string of the molecule is CC1CCC(CCNCC2CCCN2C(=O)OC(C)(C)C)CC1. The molecule has 0 aromatic carbocycles. The first-order valence-corrected chi connectivity index (χ1v) is 9.55. The first kappa shape index (κ1) is 18.6. The van der Waals surface area contributed by atoms with Crippen LogP contribution >= 0.6 is 0 Å². The molecule has 1 heterocycles. The first-order chi connectivity index (χ1) is 10.8. The first-order valence-electron chi connectivity index (χ1n) is 9.55. The van der Waals surface area contributed by atoms with Gasteiger partial charge in [0.2, 0.25) is 0 Å². The number of carbonyl (C=O) groups excluding carboxylic acids is 1. The second-order valence-corrected chi connectivity index (χ2v) is 8.59. The summed E-state index contributed by atoms with van der Waals surface area (Å²) in [6.45, 7) is 11.0. The highest BCUT2D eigenvalue weighted by Crippen LogP contribution is 2.30. The molecule has 2 rings (SSSR count). The zero-order valence-electron chi connectivity index (χ0n) is 15.6. The van der Waals surface area contributed by atoms with Crippen LogP contribution in [0.5, 0.6) is 0 Å². The number of likely N-dealkylation sites (tertiary alicyclic amines) is 1. The lowest BCUT2D eigenvalue weighted by atomic mass is 9.81. The van der Waals surface area contributed by atoms with Crippen molar-refractivity contribution in [3.05, 3.63) is 0 Å². The van der Waals surface area contributed by atoms with E-state index in [-0.39, 0.29) is 6.09 Å². The molecule has 1 saturated carbocycles. The molecule has 0 radical (unpaired) electrons. The third kappa shape index (κ3) is 6.33. The van der Waals surface area contributed by atoms with Gasteiger partial charge in [0.25, 0.3) is 0 Å². The fourth-order valence-electron chi connectivity index (χ4n) is 3.80. The zero-order valence-corrected chi connectivity index (χ0v) is 15.6. The van der Waals surface area contributed by atoms with Crippen LogP contribution in [0.4, 0.5) is 4.79 Å². The molecule has 4 nitrogen and oxygen atoms in total. The van der Waals surface area contributed by atoms with Gasteiger partial charge >= 0.3 is 6.09 Å². The Morgan fingerprint density at radius 3 is 2.52 bits per heavy atom. The van der Waals surface area contributed by atoms with E-state index in [9.17, 15) is 4.79 Å². The van der Waals surface area contributed by atoms with Gasteiger partial charge in [0, 0.05) is 19.1 Å². The lowest BCUT2D eigenvalue weighted by molar-refractivity contribution is 0.0226. The Morgan fingerprint density at radius 1 is 1.17 bits per heavy atom. The van der Waals surface area contributed by atoms with Gasteiger partial charge < -0.3 is 15.0 Å². The molecule has 1 atom stereocenters. The highest BCUT2D eigenvalue weighted by atomic mass is 16.6. The van der Waals surface area contributed by atoms with Crippen LogP contribution in [0.3, 0.4) is 0 Å². The molecule has 1 saturated heterocycles. The van der Waals surface area contributed by atoms with Crippen LogP contribution in [0.2, 0.25) is 0 Å². The Bertz CT molecular complexity index is 370. The van der Waals surface area contributed by atoms with Gasteiger partial charge in [0.15, 0.2) is 0 Å². The van der Waals surface area contributed by atoms with Gasteiger partial charge in [-0.25, -0.2) is 4.79 Å². The highest BCUT2D eigenvalue weighted by molar-refractivity contribution is 5.69. The van der Waals surface area contributed by atoms with E-state index in [0.29, 0.717) is 6.04 Å². The molecule has 1 aliphatic carbocycles. The van der Waals surface area contributed by atoms with Crippen molar-refractivity contribution in [2.45, 2.75) is 84.3 Å². The van der Waals surface area contributed by atoms with Crippen LogP contribution in [0.25, 0.3) is 0 Å². The van der Waals surface area contributed by atoms with Crippen LogP contribution in [-0.4, -0.2) is 42.3 Å². The Kier molecular flexibility index (Phi) is 6.75. The summed E-state index contributed by atoms with van der Waals surface area (Å²) < 4.78 is 5.52. The highest BCUT2D eigenvalue weighted by Gasteiger charge is 2.31. The Hall–Kier alpha value is -0.770. The van der Waals surface area contributed by atoms with Crippen molar-refractivity contribution >= 4 is 6.09 Å². The summed E-state index contributed by atoms with van der Waals surface area (Å²) in [5.74, 6) is 1.84. The summed E-state index contributed by atoms with van der Waals surface area (Å²) >= 11 is 0. The summed E-state index contributed by atoms with van der Waals surface area (Å²) in [4.78, 5) is 14.2.